The van der Waals surface area contributed by atoms with Gasteiger partial charge in [0.25, 0.3) is 0 Å². The molecule has 0 radical (unpaired) electrons. The molecule has 110 valence electrons. The van der Waals surface area contributed by atoms with Gasteiger partial charge >= 0.3 is 5.97 Å². The second-order valence-electron chi connectivity index (χ2n) is 5.57. The number of aromatic carboxylic acids is 1. The third-order valence-electron chi connectivity index (χ3n) is 3.74. The highest BCUT2D eigenvalue weighted by Gasteiger charge is 2.40. The standard InChI is InChI=1S/C15H20O4S/c1-4-11-13(15(16)17)8-7-12(9(2)3)14(11)20(18,19)10-5-6-10/h7-10H,4-6H2,1-3H3,(H,16,17). The first kappa shape index (κ1) is 15.0. The smallest absolute Gasteiger partial charge is 0.336 e. The first-order valence-corrected chi connectivity index (χ1v) is 8.48. The van der Waals surface area contributed by atoms with E-state index in [1.807, 2.05) is 13.8 Å². The Bertz CT molecular complexity index is 640. The molecule has 0 atom stereocenters. The molecule has 1 aliphatic rings. The van der Waals surface area contributed by atoms with Crippen molar-refractivity contribution in [2.24, 2.45) is 0 Å². The van der Waals surface area contributed by atoms with Crippen LogP contribution in [0.5, 0.6) is 0 Å². The summed E-state index contributed by atoms with van der Waals surface area (Å²) in [6.45, 7) is 5.67. The Morgan fingerprint density at radius 3 is 2.35 bits per heavy atom. The minimum Gasteiger partial charge on any atom is -0.478 e. The lowest BCUT2D eigenvalue weighted by molar-refractivity contribution is 0.0695. The van der Waals surface area contributed by atoms with E-state index >= 15 is 0 Å². The predicted molar refractivity (Wildman–Crippen MR) is 77.1 cm³/mol. The zero-order valence-corrected chi connectivity index (χ0v) is 12.8. The second-order valence-corrected chi connectivity index (χ2v) is 7.73. The zero-order chi connectivity index (χ0) is 15.1. The van der Waals surface area contributed by atoms with Gasteiger partial charge < -0.3 is 5.11 Å². The summed E-state index contributed by atoms with van der Waals surface area (Å²) in [7, 11) is -3.40. The molecule has 1 aromatic rings. The number of carboxylic acid groups (broad SMARTS) is 1. The average molecular weight is 296 g/mol. The molecule has 1 fully saturated rings. The van der Waals surface area contributed by atoms with Gasteiger partial charge in [-0.25, -0.2) is 13.2 Å². The van der Waals surface area contributed by atoms with Crippen molar-refractivity contribution >= 4 is 15.8 Å². The van der Waals surface area contributed by atoms with Gasteiger partial charge in [0.1, 0.15) is 0 Å². The molecule has 0 amide bonds. The largest absolute Gasteiger partial charge is 0.478 e. The number of hydrogen-bond acceptors (Lipinski definition) is 3. The lowest BCUT2D eigenvalue weighted by Crippen LogP contribution is -2.17. The molecule has 0 saturated heterocycles. The quantitative estimate of drug-likeness (QED) is 0.906. The molecule has 0 unspecified atom stereocenters. The van der Waals surface area contributed by atoms with E-state index in [0.717, 1.165) is 5.56 Å². The number of hydrogen-bond donors (Lipinski definition) is 1. The molecule has 4 nitrogen and oxygen atoms in total. The molecule has 20 heavy (non-hydrogen) atoms. The Hall–Kier alpha value is -1.36. The van der Waals surface area contributed by atoms with E-state index in [4.69, 9.17) is 0 Å². The van der Waals surface area contributed by atoms with Crippen molar-refractivity contribution in [1.29, 1.82) is 0 Å². The maximum absolute atomic E-state index is 12.7. The molecule has 5 heteroatoms. The molecule has 1 N–H and O–H groups in total. The normalized spacial score (nSPS) is 15.6. The Balaban J connectivity index is 2.79. The molecule has 0 heterocycles. The van der Waals surface area contributed by atoms with E-state index in [2.05, 4.69) is 0 Å². The number of sulfone groups is 1. The maximum Gasteiger partial charge on any atom is 0.336 e. The number of rotatable bonds is 5. The van der Waals surface area contributed by atoms with Crippen LogP contribution < -0.4 is 0 Å². The van der Waals surface area contributed by atoms with Crippen molar-refractivity contribution in [3.63, 3.8) is 0 Å². The van der Waals surface area contributed by atoms with Gasteiger partial charge in [-0.3, -0.25) is 0 Å². The highest BCUT2D eigenvalue weighted by atomic mass is 32.2. The third kappa shape index (κ3) is 2.46. The van der Waals surface area contributed by atoms with E-state index in [1.54, 1.807) is 13.0 Å². The van der Waals surface area contributed by atoms with Gasteiger partial charge in [-0.1, -0.05) is 26.8 Å². The Labute approximate surface area is 119 Å². The zero-order valence-electron chi connectivity index (χ0n) is 12.0. The summed E-state index contributed by atoms with van der Waals surface area (Å²) in [4.78, 5) is 11.6. The fourth-order valence-electron chi connectivity index (χ4n) is 2.53. The van der Waals surface area contributed by atoms with Crippen molar-refractivity contribution in [3.05, 3.63) is 28.8 Å². The van der Waals surface area contributed by atoms with Crippen molar-refractivity contribution in [2.45, 2.75) is 56.1 Å². The Kier molecular flexibility index (Phi) is 3.91. The summed E-state index contributed by atoms with van der Waals surface area (Å²) in [6, 6.07) is 3.19. The molecule has 0 aromatic heterocycles. The SMILES string of the molecule is CCc1c(C(=O)O)ccc(C(C)C)c1S(=O)(=O)C1CC1. The lowest BCUT2D eigenvalue weighted by atomic mass is 9.96. The third-order valence-corrected chi connectivity index (χ3v) is 6.14. The molecular formula is C15H20O4S. The van der Waals surface area contributed by atoms with E-state index in [1.165, 1.54) is 6.07 Å². The van der Waals surface area contributed by atoms with Crippen LogP contribution in [0.1, 0.15) is 61.0 Å². The van der Waals surface area contributed by atoms with Gasteiger partial charge in [-0.05, 0) is 42.4 Å². The number of carbonyl (C=O) groups is 1. The van der Waals surface area contributed by atoms with Gasteiger partial charge in [0.15, 0.2) is 9.84 Å². The molecule has 0 bridgehead atoms. The Morgan fingerprint density at radius 2 is 1.95 bits per heavy atom. The molecule has 1 saturated carbocycles. The van der Waals surface area contributed by atoms with Crippen molar-refractivity contribution in [2.75, 3.05) is 0 Å². The Morgan fingerprint density at radius 1 is 1.35 bits per heavy atom. The van der Waals surface area contributed by atoms with Gasteiger partial charge in [0.2, 0.25) is 0 Å². The minimum atomic E-state index is -3.40. The van der Waals surface area contributed by atoms with Crippen molar-refractivity contribution in [1.82, 2.24) is 0 Å². The molecule has 2 rings (SSSR count). The predicted octanol–water partition coefficient (Wildman–Crippen LogP) is 3.01. The van der Waals surface area contributed by atoms with Gasteiger partial charge in [0.05, 0.1) is 15.7 Å². The van der Waals surface area contributed by atoms with Crippen molar-refractivity contribution in [3.8, 4) is 0 Å². The molecule has 0 aliphatic heterocycles. The van der Waals surface area contributed by atoms with Crippen LogP contribution in [0.15, 0.2) is 17.0 Å². The van der Waals surface area contributed by atoms with E-state index in [0.29, 0.717) is 24.8 Å². The first-order chi connectivity index (χ1) is 9.30. The van der Waals surface area contributed by atoms with Crippen LogP contribution in [0, 0.1) is 0 Å². The molecule has 0 spiro atoms. The fraction of sp³-hybridized carbons (Fsp3) is 0.533. The van der Waals surface area contributed by atoms with Crippen LogP contribution >= 0.6 is 0 Å². The highest BCUT2D eigenvalue weighted by Crippen LogP contribution is 2.39. The lowest BCUT2D eigenvalue weighted by Gasteiger charge is -2.18. The number of carboxylic acids is 1. The molecule has 1 aromatic carbocycles. The van der Waals surface area contributed by atoms with Gasteiger partial charge in [-0.15, -0.1) is 0 Å². The summed E-state index contributed by atoms with van der Waals surface area (Å²) >= 11 is 0. The number of benzene rings is 1. The van der Waals surface area contributed by atoms with Crippen LogP contribution in [0.2, 0.25) is 0 Å². The summed E-state index contributed by atoms with van der Waals surface area (Å²) in [6.07, 6.45) is 1.77. The summed E-state index contributed by atoms with van der Waals surface area (Å²) in [5.41, 5.74) is 1.30. The minimum absolute atomic E-state index is 0.0478. The molecular weight excluding hydrogens is 276 g/mol. The van der Waals surface area contributed by atoms with Crippen molar-refractivity contribution < 1.29 is 18.3 Å². The van der Waals surface area contributed by atoms with Crippen LogP contribution in [0.4, 0.5) is 0 Å². The summed E-state index contributed by atoms with van der Waals surface area (Å²) < 4.78 is 25.4. The van der Waals surface area contributed by atoms with E-state index < -0.39 is 15.8 Å². The van der Waals surface area contributed by atoms with E-state index in [9.17, 15) is 18.3 Å². The summed E-state index contributed by atoms with van der Waals surface area (Å²) in [5.74, 6) is -1.02. The first-order valence-electron chi connectivity index (χ1n) is 6.93. The fourth-order valence-corrected chi connectivity index (χ4v) is 4.85. The van der Waals surface area contributed by atoms with Gasteiger partial charge in [-0.2, -0.15) is 0 Å². The van der Waals surface area contributed by atoms with Crippen LogP contribution in [0.3, 0.4) is 0 Å². The molecule has 1 aliphatic carbocycles. The average Bonchev–Trinajstić information content (AvgIpc) is 3.20. The van der Waals surface area contributed by atoms with Gasteiger partial charge in [0, 0.05) is 0 Å². The highest BCUT2D eigenvalue weighted by molar-refractivity contribution is 7.92. The maximum atomic E-state index is 12.7. The van der Waals surface area contributed by atoms with Crippen LogP contribution in [0.25, 0.3) is 0 Å². The van der Waals surface area contributed by atoms with Crippen LogP contribution in [-0.4, -0.2) is 24.7 Å². The monoisotopic (exact) mass is 296 g/mol. The second kappa shape index (κ2) is 5.20. The topological polar surface area (TPSA) is 71.4 Å². The summed E-state index contributed by atoms with van der Waals surface area (Å²) in [5, 5.41) is 8.95. The van der Waals surface area contributed by atoms with Crippen LogP contribution in [-0.2, 0) is 16.3 Å². The van der Waals surface area contributed by atoms with E-state index in [-0.39, 0.29) is 21.6 Å².